The van der Waals surface area contributed by atoms with Gasteiger partial charge >= 0.3 is 0 Å². The number of nitrogens with zero attached hydrogens (tertiary/aromatic N) is 2. The lowest BCUT2D eigenvalue weighted by Gasteiger charge is -2.20. The number of hydrogen-bond donors (Lipinski definition) is 1. The van der Waals surface area contributed by atoms with E-state index in [1.807, 2.05) is 42.6 Å². The summed E-state index contributed by atoms with van der Waals surface area (Å²) in [5.74, 6) is 2.68. The van der Waals surface area contributed by atoms with Gasteiger partial charge < -0.3 is 19.3 Å². The Hall–Kier alpha value is -2.54. The number of rotatable bonds is 4. The van der Waals surface area contributed by atoms with E-state index in [-0.39, 0.29) is 6.04 Å². The Labute approximate surface area is 137 Å². The molecule has 0 saturated carbocycles. The van der Waals surface area contributed by atoms with Crippen molar-refractivity contribution in [2.24, 2.45) is 0 Å². The fraction of sp³-hybridized carbons (Fsp3) is 0.250. The van der Waals surface area contributed by atoms with E-state index in [0.29, 0.717) is 24.9 Å². The molecule has 7 heteroatoms. The Morgan fingerprint density at radius 3 is 2.87 bits per heavy atom. The Kier molecular flexibility index (Phi) is 3.63. The quantitative estimate of drug-likeness (QED) is 0.786. The van der Waals surface area contributed by atoms with Crippen LogP contribution in [0.3, 0.4) is 0 Å². The van der Waals surface area contributed by atoms with Gasteiger partial charge in [-0.05, 0) is 30.5 Å². The van der Waals surface area contributed by atoms with Crippen LogP contribution in [0.5, 0.6) is 11.5 Å². The van der Waals surface area contributed by atoms with Crippen molar-refractivity contribution < 1.29 is 14.0 Å². The average Bonchev–Trinajstić information content (AvgIpc) is 3.26. The summed E-state index contributed by atoms with van der Waals surface area (Å²) in [6.07, 6.45) is 0. The Morgan fingerprint density at radius 1 is 1.17 bits per heavy atom. The molecule has 0 spiro atoms. The van der Waals surface area contributed by atoms with Crippen LogP contribution in [0.4, 0.5) is 5.69 Å². The molecule has 0 saturated heterocycles. The van der Waals surface area contributed by atoms with Crippen LogP contribution in [-0.4, -0.2) is 23.4 Å². The van der Waals surface area contributed by atoms with Crippen molar-refractivity contribution in [2.75, 3.05) is 18.5 Å². The number of benzene rings is 1. The van der Waals surface area contributed by atoms with Crippen molar-refractivity contribution in [3.8, 4) is 22.2 Å². The molecule has 1 unspecified atom stereocenters. The number of anilines is 1. The molecule has 3 aromatic rings. The maximum Gasteiger partial charge on any atom is 0.249 e. The van der Waals surface area contributed by atoms with Gasteiger partial charge in [-0.15, -0.1) is 11.3 Å². The molecule has 1 aliphatic heterocycles. The standard InChI is InChI=1S/C16H15N3O3S/c1-10(16-18-15(19-22-16)14-3-2-8-23-14)17-11-4-5-12-13(9-11)21-7-6-20-12/h2-5,8-10,17H,6-7H2,1H3. The van der Waals surface area contributed by atoms with E-state index in [2.05, 4.69) is 15.5 Å². The SMILES string of the molecule is CC(Nc1ccc2c(c1)OCCO2)c1nc(-c2cccs2)no1. The maximum absolute atomic E-state index is 5.59. The highest BCUT2D eigenvalue weighted by molar-refractivity contribution is 7.13. The lowest BCUT2D eigenvalue weighted by atomic mass is 10.2. The number of nitrogens with one attached hydrogen (secondary N) is 1. The van der Waals surface area contributed by atoms with Gasteiger partial charge in [0.2, 0.25) is 11.7 Å². The van der Waals surface area contributed by atoms with Crippen LogP contribution < -0.4 is 14.8 Å². The van der Waals surface area contributed by atoms with E-state index in [1.54, 1.807) is 11.3 Å². The molecule has 1 atom stereocenters. The first-order valence-electron chi connectivity index (χ1n) is 7.33. The van der Waals surface area contributed by atoms with Crippen LogP contribution in [0.15, 0.2) is 40.2 Å². The van der Waals surface area contributed by atoms with Gasteiger partial charge in [0.1, 0.15) is 19.3 Å². The molecule has 3 heterocycles. The Balaban J connectivity index is 1.50. The first-order chi connectivity index (χ1) is 11.3. The van der Waals surface area contributed by atoms with E-state index in [0.717, 1.165) is 22.1 Å². The molecule has 1 aromatic carbocycles. The summed E-state index contributed by atoms with van der Waals surface area (Å²) in [7, 11) is 0. The number of thiophene rings is 1. The molecule has 1 N–H and O–H groups in total. The molecule has 0 fully saturated rings. The molecule has 118 valence electrons. The highest BCUT2D eigenvalue weighted by Gasteiger charge is 2.17. The topological polar surface area (TPSA) is 69.4 Å². The van der Waals surface area contributed by atoms with Gasteiger partial charge in [0.15, 0.2) is 11.5 Å². The molecule has 6 nitrogen and oxygen atoms in total. The predicted molar refractivity (Wildman–Crippen MR) is 87.1 cm³/mol. The van der Waals surface area contributed by atoms with Crippen LogP contribution in [0.25, 0.3) is 10.7 Å². The van der Waals surface area contributed by atoms with Crippen molar-refractivity contribution in [3.05, 3.63) is 41.6 Å². The zero-order chi connectivity index (χ0) is 15.6. The molecule has 0 aliphatic carbocycles. The first-order valence-corrected chi connectivity index (χ1v) is 8.21. The highest BCUT2D eigenvalue weighted by atomic mass is 32.1. The second kappa shape index (κ2) is 5.92. The van der Waals surface area contributed by atoms with Crippen molar-refractivity contribution in [1.82, 2.24) is 10.1 Å². The number of ether oxygens (including phenoxy) is 2. The lowest BCUT2D eigenvalue weighted by Crippen LogP contribution is -2.15. The van der Waals surface area contributed by atoms with Crippen LogP contribution in [0.2, 0.25) is 0 Å². The first kappa shape index (κ1) is 14.1. The molecule has 0 amide bonds. The van der Waals surface area contributed by atoms with Crippen molar-refractivity contribution in [3.63, 3.8) is 0 Å². The Bertz CT molecular complexity index is 801. The molecule has 4 rings (SSSR count). The van der Waals surface area contributed by atoms with E-state index in [1.165, 1.54) is 0 Å². The van der Waals surface area contributed by atoms with E-state index >= 15 is 0 Å². The molecular formula is C16H15N3O3S. The molecule has 23 heavy (non-hydrogen) atoms. The van der Waals surface area contributed by atoms with E-state index < -0.39 is 0 Å². The summed E-state index contributed by atoms with van der Waals surface area (Å²) < 4.78 is 16.5. The van der Waals surface area contributed by atoms with Gasteiger partial charge in [0.05, 0.1) is 4.88 Å². The number of hydrogen-bond acceptors (Lipinski definition) is 7. The minimum atomic E-state index is -0.112. The summed E-state index contributed by atoms with van der Waals surface area (Å²) in [4.78, 5) is 5.44. The minimum absolute atomic E-state index is 0.112. The lowest BCUT2D eigenvalue weighted by molar-refractivity contribution is 0.171. The van der Waals surface area contributed by atoms with Gasteiger partial charge in [0, 0.05) is 11.8 Å². The van der Waals surface area contributed by atoms with Gasteiger partial charge in [-0.2, -0.15) is 4.98 Å². The van der Waals surface area contributed by atoms with Gasteiger partial charge in [-0.25, -0.2) is 0 Å². The van der Waals surface area contributed by atoms with Crippen LogP contribution >= 0.6 is 11.3 Å². The van der Waals surface area contributed by atoms with Gasteiger partial charge in [0.25, 0.3) is 0 Å². The van der Waals surface area contributed by atoms with E-state index in [9.17, 15) is 0 Å². The number of aromatic nitrogens is 2. The normalized spacial score (nSPS) is 14.5. The molecule has 0 bridgehead atoms. The van der Waals surface area contributed by atoms with Crippen molar-refractivity contribution in [2.45, 2.75) is 13.0 Å². The molecule has 0 radical (unpaired) electrons. The van der Waals surface area contributed by atoms with E-state index in [4.69, 9.17) is 14.0 Å². The summed E-state index contributed by atoms with van der Waals surface area (Å²) in [5, 5.41) is 9.36. The summed E-state index contributed by atoms with van der Waals surface area (Å²) in [5.41, 5.74) is 0.914. The highest BCUT2D eigenvalue weighted by Crippen LogP contribution is 2.33. The summed E-state index contributed by atoms with van der Waals surface area (Å²) in [6, 6.07) is 9.58. The van der Waals surface area contributed by atoms with Crippen molar-refractivity contribution in [1.29, 1.82) is 0 Å². The van der Waals surface area contributed by atoms with Crippen LogP contribution in [0.1, 0.15) is 18.9 Å². The minimum Gasteiger partial charge on any atom is -0.486 e. The third kappa shape index (κ3) is 2.87. The summed E-state index contributed by atoms with van der Waals surface area (Å²) >= 11 is 1.58. The second-order valence-corrected chi connectivity index (χ2v) is 6.11. The fourth-order valence-corrected chi connectivity index (χ4v) is 3.01. The zero-order valence-corrected chi connectivity index (χ0v) is 13.3. The van der Waals surface area contributed by atoms with Gasteiger partial charge in [-0.1, -0.05) is 11.2 Å². The monoisotopic (exact) mass is 329 g/mol. The largest absolute Gasteiger partial charge is 0.486 e. The zero-order valence-electron chi connectivity index (χ0n) is 12.5. The van der Waals surface area contributed by atoms with Crippen LogP contribution in [-0.2, 0) is 0 Å². The molecule has 1 aliphatic rings. The average molecular weight is 329 g/mol. The predicted octanol–water partition coefficient (Wildman–Crippen LogP) is 3.74. The third-order valence-corrected chi connectivity index (χ3v) is 4.34. The van der Waals surface area contributed by atoms with Crippen molar-refractivity contribution >= 4 is 17.0 Å². The fourth-order valence-electron chi connectivity index (χ4n) is 2.36. The van der Waals surface area contributed by atoms with Gasteiger partial charge in [-0.3, -0.25) is 0 Å². The second-order valence-electron chi connectivity index (χ2n) is 5.16. The Morgan fingerprint density at radius 2 is 2.04 bits per heavy atom. The maximum atomic E-state index is 5.59. The summed E-state index contributed by atoms with van der Waals surface area (Å²) in [6.45, 7) is 3.13. The molecular weight excluding hydrogens is 314 g/mol. The smallest absolute Gasteiger partial charge is 0.249 e. The third-order valence-electron chi connectivity index (χ3n) is 3.48. The molecule has 2 aromatic heterocycles. The number of fused-ring (bicyclic) bond motifs is 1. The van der Waals surface area contributed by atoms with Crippen LogP contribution in [0, 0.1) is 0 Å².